The molecule has 1 heterocycles. The van der Waals surface area contributed by atoms with Crippen molar-refractivity contribution in [1.82, 2.24) is 0 Å². The second-order valence-corrected chi connectivity index (χ2v) is 5.04. The van der Waals surface area contributed by atoms with Gasteiger partial charge in [-0.15, -0.1) is 0 Å². The zero-order valence-electron chi connectivity index (χ0n) is 9.47. The highest BCUT2D eigenvalue weighted by Crippen LogP contribution is 2.43. The van der Waals surface area contributed by atoms with E-state index < -0.39 is 0 Å². The summed E-state index contributed by atoms with van der Waals surface area (Å²) in [5.41, 5.74) is 1.45. The summed E-state index contributed by atoms with van der Waals surface area (Å²) in [6, 6.07) is 0. The maximum Gasteiger partial charge on any atom is 0.0388 e. The normalized spacial score (nSPS) is 34.8. The average Bonchev–Trinajstić information content (AvgIpc) is 2.92. The Labute approximate surface area is 88.0 Å². The van der Waals surface area contributed by atoms with Crippen molar-refractivity contribution in [2.75, 3.05) is 6.54 Å². The van der Waals surface area contributed by atoms with E-state index in [9.17, 15) is 0 Å². The second-order valence-electron chi connectivity index (χ2n) is 5.04. The van der Waals surface area contributed by atoms with Gasteiger partial charge in [0.2, 0.25) is 0 Å². The number of hydrogen-bond donors (Lipinski definition) is 0. The lowest BCUT2D eigenvalue weighted by atomic mass is 10.1. The number of aliphatic imine (C=N–C) groups is 1. The number of fused-ring (bicyclic) bond motifs is 1. The first-order valence-electron chi connectivity index (χ1n) is 6.39. The number of hydrogen-bond acceptors (Lipinski definition) is 1. The van der Waals surface area contributed by atoms with Crippen LogP contribution in [0.3, 0.4) is 0 Å². The molecule has 2 rings (SSSR count). The highest BCUT2D eigenvalue weighted by molar-refractivity contribution is 5.86. The van der Waals surface area contributed by atoms with Crippen LogP contribution in [0.25, 0.3) is 0 Å². The predicted octanol–water partition coefficient (Wildman–Crippen LogP) is 3.83. The van der Waals surface area contributed by atoms with Gasteiger partial charge < -0.3 is 0 Å². The summed E-state index contributed by atoms with van der Waals surface area (Å²) in [6.45, 7) is 3.34. The van der Waals surface area contributed by atoms with E-state index in [0.717, 1.165) is 18.4 Å². The van der Waals surface area contributed by atoms with E-state index in [4.69, 9.17) is 4.99 Å². The van der Waals surface area contributed by atoms with Crippen molar-refractivity contribution in [3.8, 4) is 0 Å². The zero-order valence-corrected chi connectivity index (χ0v) is 9.47. The molecule has 1 aliphatic carbocycles. The molecule has 2 unspecified atom stereocenters. The molecule has 2 atom stereocenters. The molecule has 80 valence electrons. The zero-order chi connectivity index (χ0) is 9.80. The van der Waals surface area contributed by atoms with Crippen molar-refractivity contribution in [1.29, 1.82) is 0 Å². The highest BCUT2D eigenvalue weighted by Gasteiger charge is 2.38. The van der Waals surface area contributed by atoms with E-state index in [1.165, 1.54) is 57.1 Å². The minimum atomic E-state index is 0.884. The number of nitrogens with zero attached hydrogens (tertiary/aromatic N) is 1. The summed E-state index contributed by atoms with van der Waals surface area (Å²) in [7, 11) is 0. The first kappa shape index (κ1) is 10.2. The molecule has 0 N–H and O–H groups in total. The molecule has 0 radical (unpaired) electrons. The Morgan fingerprint density at radius 3 is 2.57 bits per heavy atom. The van der Waals surface area contributed by atoms with Crippen LogP contribution in [-0.4, -0.2) is 12.3 Å². The lowest BCUT2D eigenvalue weighted by Crippen LogP contribution is -2.00. The summed E-state index contributed by atoms with van der Waals surface area (Å²) in [4.78, 5) is 4.70. The van der Waals surface area contributed by atoms with Crippen LogP contribution in [0, 0.1) is 11.8 Å². The third-order valence-corrected chi connectivity index (χ3v) is 3.80. The maximum absolute atomic E-state index is 4.70. The van der Waals surface area contributed by atoms with E-state index in [2.05, 4.69) is 6.92 Å². The lowest BCUT2D eigenvalue weighted by molar-refractivity contribution is 0.554. The molecule has 0 amide bonds. The monoisotopic (exact) mass is 193 g/mol. The lowest BCUT2D eigenvalue weighted by Gasteiger charge is -2.05. The third kappa shape index (κ3) is 2.83. The predicted molar refractivity (Wildman–Crippen MR) is 61.9 cm³/mol. The topological polar surface area (TPSA) is 12.4 Å². The van der Waals surface area contributed by atoms with Gasteiger partial charge in [-0.25, -0.2) is 0 Å². The molecule has 1 aliphatic heterocycles. The molecule has 2 aliphatic rings. The molecule has 0 spiro atoms. The minimum Gasteiger partial charge on any atom is -0.294 e. The molecule has 0 aromatic rings. The van der Waals surface area contributed by atoms with Gasteiger partial charge in [0, 0.05) is 12.3 Å². The SMILES string of the molecule is CC1=NCCCCCCCCC2CC12. The van der Waals surface area contributed by atoms with Crippen LogP contribution in [0.1, 0.15) is 58.3 Å². The minimum absolute atomic E-state index is 0.884. The van der Waals surface area contributed by atoms with Gasteiger partial charge >= 0.3 is 0 Å². The van der Waals surface area contributed by atoms with Crippen molar-refractivity contribution < 1.29 is 0 Å². The van der Waals surface area contributed by atoms with E-state index in [1.54, 1.807) is 0 Å². The van der Waals surface area contributed by atoms with Crippen molar-refractivity contribution >= 4 is 5.71 Å². The molecular formula is C13H23N. The van der Waals surface area contributed by atoms with Crippen molar-refractivity contribution in [2.45, 2.75) is 58.3 Å². The fourth-order valence-electron chi connectivity index (χ4n) is 2.68. The summed E-state index contributed by atoms with van der Waals surface area (Å²) in [5, 5.41) is 0. The fourth-order valence-corrected chi connectivity index (χ4v) is 2.68. The van der Waals surface area contributed by atoms with Gasteiger partial charge in [0.05, 0.1) is 0 Å². The second kappa shape index (κ2) is 4.95. The van der Waals surface area contributed by atoms with Crippen LogP contribution in [0.4, 0.5) is 0 Å². The summed E-state index contributed by atoms with van der Waals surface area (Å²) >= 11 is 0. The molecule has 0 aromatic heterocycles. The van der Waals surface area contributed by atoms with Crippen LogP contribution >= 0.6 is 0 Å². The fraction of sp³-hybridized carbons (Fsp3) is 0.923. The van der Waals surface area contributed by atoms with Crippen molar-refractivity contribution in [2.24, 2.45) is 16.8 Å². The molecule has 1 fully saturated rings. The van der Waals surface area contributed by atoms with E-state index in [0.29, 0.717) is 0 Å². The maximum atomic E-state index is 4.70. The molecule has 0 saturated heterocycles. The molecular weight excluding hydrogens is 170 g/mol. The molecule has 1 saturated carbocycles. The summed E-state index contributed by atoms with van der Waals surface area (Å²) < 4.78 is 0. The highest BCUT2D eigenvalue weighted by atomic mass is 14.7. The first-order chi connectivity index (χ1) is 6.88. The van der Waals surface area contributed by atoms with E-state index in [-0.39, 0.29) is 0 Å². The van der Waals surface area contributed by atoms with E-state index in [1.807, 2.05) is 0 Å². The standard InChI is InChI=1S/C13H23N/c1-11-13-10-12(13)8-6-4-2-3-5-7-9-14-11/h12-13H,2-10H2,1H3. The molecule has 1 heteroatoms. The van der Waals surface area contributed by atoms with Crippen molar-refractivity contribution in [3.63, 3.8) is 0 Å². The van der Waals surface area contributed by atoms with Gasteiger partial charge in [-0.05, 0) is 38.0 Å². The van der Waals surface area contributed by atoms with Crippen LogP contribution < -0.4 is 0 Å². The van der Waals surface area contributed by atoms with Crippen LogP contribution in [0.2, 0.25) is 0 Å². The van der Waals surface area contributed by atoms with Gasteiger partial charge in [-0.2, -0.15) is 0 Å². The van der Waals surface area contributed by atoms with Crippen LogP contribution in [0.5, 0.6) is 0 Å². The molecule has 0 aromatic carbocycles. The Bertz CT molecular complexity index is 207. The Morgan fingerprint density at radius 2 is 1.71 bits per heavy atom. The molecule has 14 heavy (non-hydrogen) atoms. The van der Waals surface area contributed by atoms with Crippen LogP contribution in [-0.2, 0) is 0 Å². The van der Waals surface area contributed by atoms with Gasteiger partial charge in [-0.3, -0.25) is 4.99 Å². The largest absolute Gasteiger partial charge is 0.294 e. The summed E-state index contributed by atoms with van der Waals surface area (Å²) in [5.74, 6) is 1.90. The Kier molecular flexibility index (Phi) is 3.61. The number of rotatable bonds is 0. The van der Waals surface area contributed by atoms with Crippen molar-refractivity contribution in [3.05, 3.63) is 0 Å². The van der Waals surface area contributed by atoms with Gasteiger partial charge in [0.15, 0.2) is 0 Å². The van der Waals surface area contributed by atoms with Crippen LogP contribution in [0.15, 0.2) is 4.99 Å². The third-order valence-electron chi connectivity index (χ3n) is 3.80. The average molecular weight is 193 g/mol. The van der Waals surface area contributed by atoms with Gasteiger partial charge in [0.25, 0.3) is 0 Å². The van der Waals surface area contributed by atoms with Gasteiger partial charge in [0.1, 0.15) is 0 Å². The molecule has 1 nitrogen and oxygen atoms in total. The molecule has 0 bridgehead atoms. The Hall–Kier alpha value is -0.330. The first-order valence-corrected chi connectivity index (χ1v) is 6.39. The van der Waals surface area contributed by atoms with E-state index >= 15 is 0 Å². The Balaban J connectivity index is 1.83. The summed E-state index contributed by atoms with van der Waals surface area (Å²) in [6.07, 6.45) is 11.4. The van der Waals surface area contributed by atoms with Gasteiger partial charge in [-0.1, -0.05) is 32.1 Å². The smallest absolute Gasteiger partial charge is 0.0388 e. The Morgan fingerprint density at radius 1 is 1.00 bits per heavy atom. The quantitative estimate of drug-likeness (QED) is 0.554.